The lowest BCUT2D eigenvalue weighted by Gasteiger charge is -2.29. The Bertz CT molecular complexity index is 541. The van der Waals surface area contributed by atoms with Gasteiger partial charge in [0.1, 0.15) is 5.82 Å². The zero-order chi connectivity index (χ0) is 11.8. The van der Waals surface area contributed by atoms with E-state index in [1.807, 2.05) is 4.90 Å². The van der Waals surface area contributed by atoms with Gasteiger partial charge in [-0.15, -0.1) is 10.2 Å². The Kier molecular flexibility index (Phi) is 2.44. The Morgan fingerprint density at radius 1 is 1.35 bits per heavy atom. The number of fused-ring (bicyclic) bond motifs is 1. The van der Waals surface area contributed by atoms with Gasteiger partial charge < -0.3 is 10.0 Å². The third kappa shape index (κ3) is 1.84. The molecule has 0 unspecified atom stereocenters. The monoisotopic (exact) mass is 236 g/mol. The van der Waals surface area contributed by atoms with E-state index in [1.165, 1.54) is 12.3 Å². The first kappa shape index (κ1) is 10.5. The summed E-state index contributed by atoms with van der Waals surface area (Å²) in [6.07, 6.45) is 2.74. The van der Waals surface area contributed by atoms with Crippen LogP contribution < -0.4 is 4.90 Å². The van der Waals surface area contributed by atoms with E-state index in [9.17, 15) is 9.50 Å². The molecule has 1 atom stereocenters. The van der Waals surface area contributed by atoms with Gasteiger partial charge in [0.2, 0.25) is 5.95 Å². The maximum absolute atomic E-state index is 13.2. The van der Waals surface area contributed by atoms with Gasteiger partial charge >= 0.3 is 0 Å². The number of piperidine rings is 1. The molecule has 1 N–H and O–H groups in total. The molecule has 1 aliphatic rings. The third-order valence-electron chi connectivity index (χ3n) is 3.03. The fourth-order valence-electron chi connectivity index (χ4n) is 2.20. The predicted octanol–water partition coefficient (Wildman–Crippen LogP) is 0.829. The van der Waals surface area contributed by atoms with Gasteiger partial charge in [-0.3, -0.25) is 4.40 Å². The number of aromatic nitrogens is 3. The zero-order valence-electron chi connectivity index (χ0n) is 9.25. The molecule has 0 spiro atoms. The van der Waals surface area contributed by atoms with Crippen LogP contribution in [0.5, 0.6) is 0 Å². The van der Waals surface area contributed by atoms with E-state index in [1.54, 1.807) is 10.5 Å². The summed E-state index contributed by atoms with van der Waals surface area (Å²) in [7, 11) is 0. The number of nitrogens with zero attached hydrogens (tertiary/aromatic N) is 4. The highest BCUT2D eigenvalue weighted by Crippen LogP contribution is 2.19. The molecule has 6 heteroatoms. The van der Waals surface area contributed by atoms with E-state index in [0.29, 0.717) is 18.1 Å². The van der Waals surface area contributed by atoms with Crippen molar-refractivity contribution in [1.29, 1.82) is 0 Å². The standard InChI is InChI=1S/C11H13FN4O/c12-8-3-4-10-13-14-11(16(10)6-8)15-5-1-2-9(17)7-15/h3-4,6,9,17H,1-2,5,7H2/t9-/m0/s1. The van der Waals surface area contributed by atoms with Crippen LogP contribution in [0, 0.1) is 5.82 Å². The van der Waals surface area contributed by atoms with Crippen LogP contribution in [0.25, 0.3) is 5.65 Å². The second-order valence-corrected chi connectivity index (χ2v) is 4.32. The highest BCUT2D eigenvalue weighted by Gasteiger charge is 2.21. The van der Waals surface area contributed by atoms with E-state index in [-0.39, 0.29) is 11.9 Å². The summed E-state index contributed by atoms with van der Waals surface area (Å²) in [5.74, 6) is 0.273. The molecular formula is C11H13FN4O. The minimum atomic E-state index is -0.343. The van der Waals surface area contributed by atoms with Crippen molar-refractivity contribution in [3.8, 4) is 0 Å². The van der Waals surface area contributed by atoms with Crippen LogP contribution in [0.4, 0.5) is 10.3 Å². The Balaban J connectivity index is 2.01. The summed E-state index contributed by atoms with van der Waals surface area (Å²) in [6.45, 7) is 1.34. The van der Waals surface area contributed by atoms with Gasteiger partial charge in [0.25, 0.3) is 0 Å². The van der Waals surface area contributed by atoms with Gasteiger partial charge in [0.15, 0.2) is 5.65 Å². The van der Waals surface area contributed by atoms with Gasteiger partial charge in [-0.1, -0.05) is 0 Å². The molecule has 3 rings (SSSR count). The number of aliphatic hydroxyl groups is 1. The Morgan fingerprint density at radius 3 is 3.06 bits per heavy atom. The molecule has 0 aliphatic carbocycles. The SMILES string of the molecule is O[C@H]1CCCN(c2nnc3ccc(F)cn23)C1. The number of rotatable bonds is 1. The number of hydrogen-bond donors (Lipinski definition) is 1. The normalized spacial score (nSPS) is 21.1. The fourth-order valence-corrected chi connectivity index (χ4v) is 2.20. The quantitative estimate of drug-likeness (QED) is 0.796. The summed E-state index contributed by atoms with van der Waals surface area (Å²) in [4.78, 5) is 1.94. The number of aliphatic hydroxyl groups excluding tert-OH is 1. The van der Waals surface area contributed by atoms with Crippen LogP contribution in [-0.2, 0) is 0 Å². The number of hydrogen-bond acceptors (Lipinski definition) is 4. The molecule has 2 aromatic rings. The van der Waals surface area contributed by atoms with Crippen LogP contribution in [0.2, 0.25) is 0 Å². The van der Waals surface area contributed by atoms with Crippen molar-refractivity contribution in [2.75, 3.05) is 18.0 Å². The smallest absolute Gasteiger partial charge is 0.231 e. The molecule has 17 heavy (non-hydrogen) atoms. The summed E-state index contributed by atoms with van der Waals surface area (Å²) in [5, 5.41) is 17.7. The molecule has 2 aromatic heterocycles. The summed E-state index contributed by atoms with van der Waals surface area (Å²) >= 11 is 0. The van der Waals surface area contributed by atoms with Crippen molar-refractivity contribution in [3.63, 3.8) is 0 Å². The summed E-state index contributed by atoms with van der Waals surface area (Å²) in [5.41, 5.74) is 0.612. The first-order chi connectivity index (χ1) is 8.24. The van der Waals surface area contributed by atoms with Gasteiger partial charge in [0, 0.05) is 19.3 Å². The minimum absolute atomic E-state index is 0.323. The van der Waals surface area contributed by atoms with Crippen molar-refractivity contribution in [2.45, 2.75) is 18.9 Å². The van der Waals surface area contributed by atoms with Gasteiger partial charge in [0.05, 0.1) is 6.10 Å². The van der Waals surface area contributed by atoms with E-state index in [4.69, 9.17) is 0 Å². The minimum Gasteiger partial charge on any atom is -0.391 e. The van der Waals surface area contributed by atoms with E-state index in [0.717, 1.165) is 19.4 Å². The van der Waals surface area contributed by atoms with Gasteiger partial charge in [-0.05, 0) is 25.0 Å². The average Bonchev–Trinajstić information content (AvgIpc) is 2.71. The second-order valence-electron chi connectivity index (χ2n) is 4.32. The summed E-state index contributed by atoms with van der Waals surface area (Å²) in [6, 6.07) is 2.95. The number of β-amino-alcohol motifs (C(OH)–C–C–N with tert-alkyl or cyclic N) is 1. The number of anilines is 1. The van der Waals surface area contributed by atoms with E-state index >= 15 is 0 Å². The van der Waals surface area contributed by atoms with Crippen LogP contribution in [0.1, 0.15) is 12.8 Å². The molecule has 0 saturated carbocycles. The van der Waals surface area contributed by atoms with Crippen LogP contribution in [-0.4, -0.2) is 38.9 Å². The first-order valence-corrected chi connectivity index (χ1v) is 5.67. The first-order valence-electron chi connectivity index (χ1n) is 5.67. The number of pyridine rings is 1. The third-order valence-corrected chi connectivity index (χ3v) is 3.03. The maximum atomic E-state index is 13.2. The lowest BCUT2D eigenvalue weighted by atomic mass is 10.1. The Labute approximate surface area is 97.5 Å². The van der Waals surface area contributed by atoms with Crippen molar-refractivity contribution < 1.29 is 9.50 Å². The van der Waals surface area contributed by atoms with Gasteiger partial charge in [-0.25, -0.2) is 4.39 Å². The van der Waals surface area contributed by atoms with Crippen LogP contribution in [0.3, 0.4) is 0 Å². The Morgan fingerprint density at radius 2 is 2.24 bits per heavy atom. The molecule has 90 valence electrons. The maximum Gasteiger partial charge on any atom is 0.231 e. The van der Waals surface area contributed by atoms with Crippen molar-refractivity contribution >= 4 is 11.6 Å². The van der Waals surface area contributed by atoms with Crippen molar-refractivity contribution in [2.24, 2.45) is 0 Å². The van der Waals surface area contributed by atoms with E-state index < -0.39 is 0 Å². The van der Waals surface area contributed by atoms with Crippen molar-refractivity contribution in [1.82, 2.24) is 14.6 Å². The van der Waals surface area contributed by atoms with Crippen molar-refractivity contribution in [3.05, 3.63) is 24.1 Å². The highest BCUT2D eigenvalue weighted by molar-refractivity contribution is 5.46. The molecule has 1 fully saturated rings. The average molecular weight is 236 g/mol. The molecule has 0 bridgehead atoms. The molecule has 3 heterocycles. The predicted molar refractivity (Wildman–Crippen MR) is 60.4 cm³/mol. The zero-order valence-corrected chi connectivity index (χ0v) is 9.25. The second kappa shape index (κ2) is 3.96. The molecule has 1 aliphatic heterocycles. The topological polar surface area (TPSA) is 53.7 Å². The van der Waals surface area contributed by atoms with Gasteiger partial charge in [-0.2, -0.15) is 0 Å². The fraction of sp³-hybridized carbons (Fsp3) is 0.455. The van der Waals surface area contributed by atoms with Crippen LogP contribution in [0.15, 0.2) is 18.3 Å². The highest BCUT2D eigenvalue weighted by atomic mass is 19.1. The Hall–Kier alpha value is -1.69. The lowest BCUT2D eigenvalue weighted by Crippen LogP contribution is -2.39. The van der Waals surface area contributed by atoms with Crippen LogP contribution >= 0.6 is 0 Å². The molecular weight excluding hydrogens is 223 g/mol. The molecule has 0 amide bonds. The molecule has 1 saturated heterocycles. The molecule has 0 radical (unpaired) electrons. The summed E-state index contributed by atoms with van der Waals surface area (Å²) < 4.78 is 14.8. The van der Waals surface area contributed by atoms with E-state index in [2.05, 4.69) is 10.2 Å². The molecule has 0 aromatic carbocycles. The molecule has 5 nitrogen and oxygen atoms in total. The number of halogens is 1. The lowest BCUT2D eigenvalue weighted by molar-refractivity contribution is 0.153. The largest absolute Gasteiger partial charge is 0.391 e.